The van der Waals surface area contributed by atoms with Gasteiger partial charge in [-0.2, -0.15) is 5.10 Å². The van der Waals surface area contributed by atoms with Crippen molar-refractivity contribution in [1.29, 1.82) is 0 Å². The molecule has 3 rings (SSSR count). The van der Waals surface area contributed by atoms with Gasteiger partial charge in [0.1, 0.15) is 5.76 Å². The Balaban J connectivity index is 1.88. The zero-order valence-electron chi connectivity index (χ0n) is 13.6. The lowest BCUT2D eigenvalue weighted by Crippen LogP contribution is -2.27. The molecule has 130 valence electrons. The van der Waals surface area contributed by atoms with E-state index in [9.17, 15) is 9.59 Å². The molecular weight excluding hydrogens is 388 g/mol. The lowest BCUT2D eigenvalue weighted by atomic mass is 9.93. The summed E-state index contributed by atoms with van der Waals surface area (Å²) in [5.74, 6) is 0.632. The van der Waals surface area contributed by atoms with Crippen molar-refractivity contribution in [2.75, 3.05) is 5.32 Å². The molecule has 3 amide bonds. The van der Waals surface area contributed by atoms with Crippen LogP contribution in [0, 0.1) is 6.92 Å². The second-order valence-electron chi connectivity index (χ2n) is 5.70. The van der Waals surface area contributed by atoms with Crippen molar-refractivity contribution >= 4 is 39.3 Å². The minimum atomic E-state index is -0.728. The van der Waals surface area contributed by atoms with Crippen molar-refractivity contribution < 1.29 is 14.0 Å². The predicted molar refractivity (Wildman–Crippen MR) is 97.7 cm³/mol. The maximum atomic E-state index is 12.6. The number of fused-ring (bicyclic) bond motifs is 1. The third kappa shape index (κ3) is 3.74. The Morgan fingerprint density at radius 2 is 1.96 bits per heavy atom. The molecular formula is C17H17BrN4O3. The lowest BCUT2D eigenvalue weighted by Gasteiger charge is -2.13. The number of urea groups is 1. The number of hydrazone groups is 1. The van der Waals surface area contributed by atoms with Crippen LogP contribution >= 0.6 is 15.9 Å². The number of rotatable bonds is 3. The zero-order chi connectivity index (χ0) is 18.0. The Morgan fingerprint density at radius 1 is 1.24 bits per heavy atom. The fraction of sp³-hybridized carbons (Fsp3) is 0.235. The number of halogens is 1. The van der Waals surface area contributed by atoms with E-state index in [-0.39, 0.29) is 11.7 Å². The third-order valence-corrected chi connectivity index (χ3v) is 4.46. The number of amides is 3. The van der Waals surface area contributed by atoms with Crippen LogP contribution in [0.1, 0.15) is 40.3 Å². The molecule has 0 saturated heterocycles. The van der Waals surface area contributed by atoms with Crippen molar-refractivity contribution in [3.05, 3.63) is 51.4 Å². The van der Waals surface area contributed by atoms with E-state index in [0.29, 0.717) is 29.1 Å². The smallest absolute Gasteiger partial charge is 0.332 e. The van der Waals surface area contributed by atoms with E-state index in [1.807, 2.05) is 19.1 Å². The van der Waals surface area contributed by atoms with Gasteiger partial charge in [-0.3, -0.25) is 4.79 Å². The number of anilines is 1. The standard InChI is InChI=1S/C17H17BrN4O3/c1-9-14-12(21-22-17(19)24)3-2-4-13(14)25-15(9)16(23)20-11-7-5-10(18)6-8-11/h5-8H,2-4H2,1H3,(H,20,23)(H3,19,22,24)/b21-12+. The van der Waals surface area contributed by atoms with Gasteiger partial charge in [-0.05, 0) is 44.0 Å². The Morgan fingerprint density at radius 3 is 2.64 bits per heavy atom. The van der Waals surface area contributed by atoms with Crippen LogP contribution in [-0.4, -0.2) is 17.6 Å². The number of benzene rings is 1. The SMILES string of the molecule is Cc1c(C(=O)Nc2ccc(Br)cc2)oc2c1/C(=N/NC(N)=O)CCC2. The highest BCUT2D eigenvalue weighted by Crippen LogP contribution is 2.30. The number of carbonyl (C=O) groups is 2. The van der Waals surface area contributed by atoms with E-state index >= 15 is 0 Å². The molecule has 0 bridgehead atoms. The number of nitrogens with zero attached hydrogens (tertiary/aromatic N) is 1. The maximum absolute atomic E-state index is 12.6. The van der Waals surface area contributed by atoms with Gasteiger partial charge in [0.2, 0.25) is 0 Å². The molecule has 1 aliphatic carbocycles. The maximum Gasteiger partial charge on any atom is 0.332 e. The first-order valence-corrected chi connectivity index (χ1v) is 8.56. The second kappa shape index (κ2) is 7.10. The van der Waals surface area contributed by atoms with Gasteiger partial charge in [0.15, 0.2) is 5.76 Å². The van der Waals surface area contributed by atoms with Gasteiger partial charge in [-0.25, -0.2) is 10.2 Å². The normalized spacial score (nSPS) is 14.9. The van der Waals surface area contributed by atoms with Crippen LogP contribution in [0.5, 0.6) is 0 Å². The fourth-order valence-corrected chi connectivity index (χ4v) is 3.10. The summed E-state index contributed by atoms with van der Waals surface area (Å²) in [4.78, 5) is 23.5. The summed E-state index contributed by atoms with van der Waals surface area (Å²) in [7, 11) is 0. The largest absolute Gasteiger partial charge is 0.455 e. The number of nitrogens with one attached hydrogen (secondary N) is 2. The molecule has 1 aromatic heterocycles. The average Bonchev–Trinajstić information content (AvgIpc) is 2.93. The summed E-state index contributed by atoms with van der Waals surface area (Å²) in [6, 6.07) is 6.55. The summed E-state index contributed by atoms with van der Waals surface area (Å²) < 4.78 is 6.71. The average molecular weight is 405 g/mol. The fourth-order valence-electron chi connectivity index (χ4n) is 2.84. The number of hydrogen-bond acceptors (Lipinski definition) is 4. The minimum Gasteiger partial charge on any atom is -0.455 e. The first kappa shape index (κ1) is 17.2. The number of aryl methyl sites for hydroxylation is 1. The zero-order valence-corrected chi connectivity index (χ0v) is 15.1. The molecule has 1 aliphatic rings. The molecule has 8 heteroatoms. The number of carbonyl (C=O) groups excluding carboxylic acids is 2. The molecule has 0 unspecified atom stereocenters. The number of primary amides is 1. The lowest BCUT2D eigenvalue weighted by molar-refractivity contribution is 0.0994. The Hall–Kier alpha value is -2.61. The van der Waals surface area contributed by atoms with Crippen LogP contribution in [0.2, 0.25) is 0 Å². The Labute approximate surface area is 152 Å². The highest BCUT2D eigenvalue weighted by molar-refractivity contribution is 9.10. The van der Waals surface area contributed by atoms with Gasteiger partial charge in [-0.15, -0.1) is 0 Å². The molecule has 0 spiro atoms. The molecule has 0 atom stereocenters. The Bertz CT molecular complexity index is 856. The number of hydrogen-bond donors (Lipinski definition) is 3. The van der Waals surface area contributed by atoms with Gasteiger partial charge in [0.25, 0.3) is 5.91 Å². The molecule has 1 heterocycles. The first-order valence-electron chi connectivity index (χ1n) is 7.77. The van der Waals surface area contributed by atoms with Crippen molar-refractivity contribution in [2.45, 2.75) is 26.2 Å². The number of furan rings is 1. The quantitative estimate of drug-likeness (QED) is 0.682. The van der Waals surface area contributed by atoms with Gasteiger partial charge in [-0.1, -0.05) is 15.9 Å². The van der Waals surface area contributed by atoms with E-state index < -0.39 is 6.03 Å². The van der Waals surface area contributed by atoms with Gasteiger partial charge < -0.3 is 15.5 Å². The summed E-state index contributed by atoms with van der Waals surface area (Å²) >= 11 is 3.35. The van der Waals surface area contributed by atoms with Crippen LogP contribution in [0.15, 0.2) is 38.3 Å². The Kier molecular flexibility index (Phi) is 4.89. The molecule has 25 heavy (non-hydrogen) atoms. The van der Waals surface area contributed by atoms with Crippen LogP contribution in [-0.2, 0) is 6.42 Å². The monoisotopic (exact) mass is 404 g/mol. The van der Waals surface area contributed by atoms with Crippen LogP contribution < -0.4 is 16.5 Å². The van der Waals surface area contributed by atoms with Crippen molar-refractivity contribution in [3.8, 4) is 0 Å². The highest BCUT2D eigenvalue weighted by atomic mass is 79.9. The van der Waals surface area contributed by atoms with Gasteiger partial charge in [0, 0.05) is 27.7 Å². The molecule has 4 N–H and O–H groups in total. The van der Waals surface area contributed by atoms with Crippen LogP contribution in [0.25, 0.3) is 0 Å². The molecule has 1 aromatic carbocycles. The van der Waals surface area contributed by atoms with E-state index in [1.165, 1.54) is 0 Å². The van der Waals surface area contributed by atoms with Crippen LogP contribution in [0.4, 0.5) is 10.5 Å². The predicted octanol–water partition coefficient (Wildman–Crippen LogP) is 3.31. The molecule has 2 aromatic rings. The summed E-state index contributed by atoms with van der Waals surface area (Å²) in [5.41, 5.74) is 10.1. The topological polar surface area (TPSA) is 110 Å². The summed E-state index contributed by atoms with van der Waals surface area (Å²) in [5, 5.41) is 6.86. The minimum absolute atomic E-state index is 0.251. The van der Waals surface area contributed by atoms with Crippen LogP contribution in [0.3, 0.4) is 0 Å². The summed E-state index contributed by atoms with van der Waals surface area (Å²) in [6.45, 7) is 1.81. The highest BCUT2D eigenvalue weighted by Gasteiger charge is 2.28. The third-order valence-electron chi connectivity index (χ3n) is 3.94. The number of nitrogens with two attached hydrogens (primary N) is 1. The van der Waals surface area contributed by atoms with E-state index in [4.69, 9.17) is 10.2 Å². The molecule has 0 radical (unpaired) electrons. The van der Waals surface area contributed by atoms with E-state index in [1.54, 1.807) is 12.1 Å². The first-order chi connectivity index (χ1) is 12.0. The second-order valence-corrected chi connectivity index (χ2v) is 6.62. The van der Waals surface area contributed by atoms with Gasteiger partial charge >= 0.3 is 6.03 Å². The molecule has 0 fully saturated rings. The van der Waals surface area contributed by atoms with E-state index in [0.717, 1.165) is 22.9 Å². The molecule has 0 aliphatic heterocycles. The molecule has 7 nitrogen and oxygen atoms in total. The van der Waals surface area contributed by atoms with Crippen molar-refractivity contribution in [3.63, 3.8) is 0 Å². The van der Waals surface area contributed by atoms with Crippen molar-refractivity contribution in [1.82, 2.24) is 5.43 Å². The van der Waals surface area contributed by atoms with E-state index in [2.05, 4.69) is 31.8 Å². The summed E-state index contributed by atoms with van der Waals surface area (Å²) in [6.07, 6.45) is 2.23. The van der Waals surface area contributed by atoms with Crippen molar-refractivity contribution in [2.24, 2.45) is 10.8 Å². The van der Waals surface area contributed by atoms with Gasteiger partial charge in [0.05, 0.1) is 5.71 Å². The molecule has 0 saturated carbocycles.